The van der Waals surface area contributed by atoms with E-state index in [1.807, 2.05) is 66.7 Å². The monoisotopic (exact) mass is 368 g/mol. The van der Waals surface area contributed by atoms with E-state index in [0.717, 1.165) is 5.56 Å². The van der Waals surface area contributed by atoms with E-state index in [4.69, 9.17) is 9.84 Å². The molecule has 5 heteroatoms. The molecule has 0 saturated carbocycles. The lowest BCUT2D eigenvalue weighted by atomic mass is 9.79. The number of rotatable bonds is 3. The molecule has 2 heterocycles. The zero-order valence-electron chi connectivity index (χ0n) is 14.9. The Hall–Kier alpha value is -3.73. The van der Waals surface area contributed by atoms with E-state index in [2.05, 4.69) is 0 Å². The molecule has 5 nitrogen and oxygen atoms in total. The summed E-state index contributed by atoms with van der Waals surface area (Å²) in [4.78, 5) is 26.1. The Morgan fingerprint density at radius 1 is 0.893 bits per heavy atom. The van der Waals surface area contributed by atoms with E-state index in [1.165, 1.54) is 5.01 Å². The first-order valence-corrected chi connectivity index (χ1v) is 9.02. The third-order valence-electron chi connectivity index (χ3n) is 5.20. The van der Waals surface area contributed by atoms with Crippen LogP contribution in [0.3, 0.4) is 0 Å². The van der Waals surface area contributed by atoms with Crippen molar-refractivity contribution in [2.75, 3.05) is 5.01 Å². The van der Waals surface area contributed by atoms with Crippen LogP contribution in [-0.2, 0) is 4.79 Å². The lowest BCUT2D eigenvalue weighted by molar-refractivity contribution is -0.112. The fourth-order valence-corrected chi connectivity index (χ4v) is 3.85. The summed E-state index contributed by atoms with van der Waals surface area (Å²) in [6, 6.07) is 25.7. The van der Waals surface area contributed by atoms with Gasteiger partial charge in [0.1, 0.15) is 11.5 Å². The maximum atomic E-state index is 13.6. The maximum Gasteiger partial charge on any atom is 0.223 e. The van der Waals surface area contributed by atoms with Crippen molar-refractivity contribution in [3.63, 3.8) is 0 Å². The van der Waals surface area contributed by atoms with E-state index >= 15 is 0 Å². The standard InChI is InChI=1S/C23H16N2O3/c26-15-23-21(27)18-13-7-8-14-19(18)28-22(23)20(16-9-3-1-4-10-16)24-25(23)17-11-5-2-6-12-17/h1-15,22H. The van der Waals surface area contributed by atoms with Crippen molar-refractivity contribution in [3.8, 4) is 5.75 Å². The molecule has 0 amide bonds. The lowest BCUT2D eigenvalue weighted by Gasteiger charge is -2.39. The molecule has 3 aromatic carbocycles. The summed E-state index contributed by atoms with van der Waals surface area (Å²) in [5.74, 6) is 0.154. The Bertz CT molecular complexity index is 1100. The Labute approximate surface area is 161 Å². The number of ether oxygens (including phenoxy) is 1. The molecule has 28 heavy (non-hydrogen) atoms. The van der Waals surface area contributed by atoms with Crippen molar-refractivity contribution >= 4 is 23.5 Å². The minimum Gasteiger partial charge on any atom is -0.480 e. The number of ketones is 1. The largest absolute Gasteiger partial charge is 0.480 e. The van der Waals surface area contributed by atoms with E-state index < -0.39 is 11.6 Å². The minimum atomic E-state index is -1.58. The topological polar surface area (TPSA) is 59.0 Å². The van der Waals surface area contributed by atoms with Crippen molar-refractivity contribution < 1.29 is 14.3 Å². The second-order valence-electron chi connectivity index (χ2n) is 6.76. The van der Waals surface area contributed by atoms with E-state index in [-0.39, 0.29) is 5.78 Å². The SMILES string of the molecule is O=CC12C(=O)c3ccccc3OC1C(c1ccccc1)=NN2c1ccccc1. The van der Waals surface area contributed by atoms with Crippen LogP contribution >= 0.6 is 0 Å². The molecule has 0 spiro atoms. The fraction of sp³-hybridized carbons (Fsp3) is 0.0870. The average molecular weight is 368 g/mol. The van der Waals surface area contributed by atoms with Crippen LogP contribution < -0.4 is 9.75 Å². The Morgan fingerprint density at radius 3 is 2.25 bits per heavy atom. The zero-order chi connectivity index (χ0) is 19.1. The van der Waals surface area contributed by atoms with Gasteiger partial charge in [-0.25, -0.2) is 5.01 Å². The first-order chi connectivity index (χ1) is 13.8. The third kappa shape index (κ3) is 2.16. The number of para-hydroxylation sites is 2. The smallest absolute Gasteiger partial charge is 0.223 e. The molecule has 0 saturated heterocycles. The molecule has 2 unspecified atom stereocenters. The number of carbonyl (C=O) groups excluding carboxylic acids is 2. The van der Waals surface area contributed by atoms with Crippen molar-refractivity contribution in [3.05, 3.63) is 96.1 Å². The number of Topliss-reactive ketones (excluding diaryl/α,β-unsaturated/α-hetero) is 1. The van der Waals surface area contributed by atoms with Gasteiger partial charge in [0.15, 0.2) is 12.4 Å². The highest BCUT2D eigenvalue weighted by molar-refractivity contribution is 6.25. The van der Waals surface area contributed by atoms with E-state index in [0.29, 0.717) is 29.0 Å². The summed E-state index contributed by atoms with van der Waals surface area (Å²) < 4.78 is 6.21. The number of benzene rings is 3. The normalized spacial score (nSPS) is 22.7. The number of hydrogen-bond acceptors (Lipinski definition) is 5. The summed E-state index contributed by atoms with van der Waals surface area (Å²) in [6.07, 6.45) is -0.169. The Kier molecular flexibility index (Phi) is 3.62. The molecule has 2 atom stereocenters. The van der Waals surface area contributed by atoms with Crippen molar-refractivity contribution in [2.24, 2.45) is 5.10 Å². The summed E-state index contributed by atoms with van der Waals surface area (Å²) in [5, 5.41) is 6.23. The van der Waals surface area contributed by atoms with Crippen LogP contribution in [0.15, 0.2) is 90.0 Å². The first-order valence-electron chi connectivity index (χ1n) is 9.02. The van der Waals surface area contributed by atoms with E-state index in [9.17, 15) is 9.59 Å². The van der Waals surface area contributed by atoms with Crippen LogP contribution in [0.2, 0.25) is 0 Å². The quantitative estimate of drug-likeness (QED) is 0.525. The summed E-state index contributed by atoms with van der Waals surface area (Å²) in [7, 11) is 0. The fourth-order valence-electron chi connectivity index (χ4n) is 3.85. The van der Waals surface area contributed by atoms with Crippen LogP contribution in [0.1, 0.15) is 15.9 Å². The van der Waals surface area contributed by atoms with Gasteiger partial charge in [0.2, 0.25) is 11.3 Å². The molecule has 2 aliphatic heterocycles. The number of fused-ring (bicyclic) bond motifs is 2. The van der Waals surface area contributed by atoms with Gasteiger partial charge >= 0.3 is 0 Å². The van der Waals surface area contributed by atoms with Crippen molar-refractivity contribution in [1.29, 1.82) is 0 Å². The lowest BCUT2D eigenvalue weighted by Crippen LogP contribution is -2.63. The number of hydrogen-bond donors (Lipinski definition) is 0. The second-order valence-corrected chi connectivity index (χ2v) is 6.76. The molecule has 0 radical (unpaired) electrons. The van der Waals surface area contributed by atoms with Gasteiger partial charge in [0, 0.05) is 5.56 Å². The highest BCUT2D eigenvalue weighted by atomic mass is 16.5. The van der Waals surface area contributed by atoms with Crippen molar-refractivity contribution in [1.82, 2.24) is 0 Å². The van der Waals surface area contributed by atoms with Gasteiger partial charge in [-0.2, -0.15) is 5.10 Å². The van der Waals surface area contributed by atoms with E-state index in [1.54, 1.807) is 18.2 Å². The van der Waals surface area contributed by atoms with Gasteiger partial charge in [-0.05, 0) is 24.3 Å². The van der Waals surface area contributed by atoms with Gasteiger partial charge in [0.05, 0.1) is 11.3 Å². The van der Waals surface area contributed by atoms with Crippen LogP contribution in [0.5, 0.6) is 5.75 Å². The van der Waals surface area contributed by atoms with Crippen LogP contribution in [0, 0.1) is 0 Å². The van der Waals surface area contributed by atoms with Gasteiger partial charge < -0.3 is 4.74 Å². The predicted octanol–water partition coefficient (Wildman–Crippen LogP) is 3.49. The predicted molar refractivity (Wildman–Crippen MR) is 106 cm³/mol. The van der Waals surface area contributed by atoms with Gasteiger partial charge in [-0.1, -0.05) is 60.7 Å². The third-order valence-corrected chi connectivity index (χ3v) is 5.20. The summed E-state index contributed by atoms with van der Waals surface area (Å²) >= 11 is 0. The molecule has 2 aliphatic rings. The molecule has 0 aliphatic carbocycles. The summed E-state index contributed by atoms with van der Waals surface area (Å²) in [5.41, 5.74) is 0.822. The molecule has 0 bridgehead atoms. The molecule has 5 rings (SSSR count). The van der Waals surface area contributed by atoms with Gasteiger partial charge in [0.25, 0.3) is 0 Å². The molecular formula is C23H16N2O3. The summed E-state index contributed by atoms with van der Waals surface area (Å²) in [6.45, 7) is 0. The average Bonchev–Trinajstić information content (AvgIpc) is 3.11. The number of anilines is 1. The molecule has 0 fully saturated rings. The minimum absolute atomic E-state index is 0.312. The number of aldehydes is 1. The van der Waals surface area contributed by atoms with Gasteiger partial charge in [-0.15, -0.1) is 0 Å². The molecule has 0 N–H and O–H groups in total. The molecule has 0 aromatic heterocycles. The maximum absolute atomic E-state index is 13.6. The Morgan fingerprint density at radius 2 is 1.54 bits per heavy atom. The van der Waals surface area contributed by atoms with Crippen LogP contribution in [-0.4, -0.2) is 29.4 Å². The number of carbonyl (C=O) groups is 2. The second kappa shape index (κ2) is 6.16. The zero-order valence-corrected chi connectivity index (χ0v) is 14.9. The highest BCUT2D eigenvalue weighted by Gasteiger charge is 2.62. The number of nitrogens with zero attached hydrogens (tertiary/aromatic N) is 2. The molecule has 136 valence electrons. The molecule has 3 aromatic rings. The Balaban J connectivity index is 1.76. The molecular weight excluding hydrogens is 352 g/mol. The highest BCUT2D eigenvalue weighted by Crippen LogP contribution is 2.43. The number of hydrazone groups is 1. The van der Waals surface area contributed by atoms with Crippen molar-refractivity contribution in [2.45, 2.75) is 11.6 Å². The van der Waals surface area contributed by atoms with Crippen LogP contribution in [0.4, 0.5) is 5.69 Å². The van der Waals surface area contributed by atoms with Crippen LogP contribution in [0.25, 0.3) is 0 Å². The first kappa shape index (κ1) is 16.4. The van der Waals surface area contributed by atoms with Gasteiger partial charge in [-0.3, -0.25) is 9.59 Å².